The number of ether oxygens (including phenoxy) is 1. The molecule has 73 heavy (non-hydrogen) atoms. The minimum Gasteiger partial charge on any atom is -0.466 e. The molecule has 1 amide bonds. The summed E-state index contributed by atoms with van der Waals surface area (Å²) in [6, 6.07) is -0.554. The van der Waals surface area contributed by atoms with Crippen molar-refractivity contribution in [2.24, 2.45) is 0 Å². The van der Waals surface area contributed by atoms with Crippen molar-refractivity contribution >= 4 is 11.9 Å². The topological polar surface area (TPSA) is 95.9 Å². The van der Waals surface area contributed by atoms with Crippen molar-refractivity contribution in [1.29, 1.82) is 0 Å². The summed E-state index contributed by atoms with van der Waals surface area (Å²) in [6.07, 6.45) is 76.6. The Bertz CT molecular complexity index is 1100. The molecule has 0 aromatic carbocycles. The monoisotopic (exact) mass is 1030 g/mol. The Morgan fingerprint density at radius 3 is 0.973 bits per heavy atom. The fourth-order valence-corrected chi connectivity index (χ4v) is 10.7. The second-order valence-corrected chi connectivity index (χ2v) is 23.2. The average molecular weight is 1030 g/mol. The van der Waals surface area contributed by atoms with Gasteiger partial charge in [0.2, 0.25) is 5.91 Å². The van der Waals surface area contributed by atoms with Crippen molar-refractivity contribution in [3.05, 3.63) is 12.2 Å². The molecule has 0 radical (unpaired) electrons. The van der Waals surface area contributed by atoms with Crippen molar-refractivity contribution in [3.63, 3.8) is 0 Å². The van der Waals surface area contributed by atoms with Crippen LogP contribution in [0.5, 0.6) is 0 Å². The summed E-state index contributed by atoms with van der Waals surface area (Å²) in [5, 5.41) is 23.4. The molecule has 0 spiro atoms. The molecule has 0 aliphatic carbocycles. The Labute approximate surface area is 457 Å². The Balaban J connectivity index is 3.42. The number of aliphatic hydroxyl groups excluding tert-OH is 2. The maximum absolute atomic E-state index is 12.5. The van der Waals surface area contributed by atoms with Gasteiger partial charge in [-0.3, -0.25) is 9.59 Å². The number of amides is 1. The first-order valence-corrected chi connectivity index (χ1v) is 33.4. The van der Waals surface area contributed by atoms with Gasteiger partial charge in [0.15, 0.2) is 0 Å². The molecule has 0 bridgehead atoms. The molecule has 2 atom stereocenters. The van der Waals surface area contributed by atoms with Gasteiger partial charge in [0.05, 0.1) is 25.4 Å². The lowest BCUT2D eigenvalue weighted by Gasteiger charge is -2.22. The van der Waals surface area contributed by atoms with E-state index in [1.165, 1.54) is 289 Å². The fourth-order valence-electron chi connectivity index (χ4n) is 10.7. The van der Waals surface area contributed by atoms with Gasteiger partial charge in [0.25, 0.3) is 0 Å². The van der Waals surface area contributed by atoms with Crippen LogP contribution >= 0.6 is 0 Å². The van der Waals surface area contributed by atoms with E-state index in [1.54, 1.807) is 0 Å². The van der Waals surface area contributed by atoms with E-state index in [1.807, 2.05) is 0 Å². The van der Waals surface area contributed by atoms with E-state index in [-0.39, 0.29) is 18.5 Å². The summed E-state index contributed by atoms with van der Waals surface area (Å²) in [5.41, 5.74) is 0. The van der Waals surface area contributed by atoms with Crippen molar-refractivity contribution in [2.75, 3.05) is 13.2 Å². The smallest absolute Gasteiger partial charge is 0.305 e. The van der Waals surface area contributed by atoms with Gasteiger partial charge >= 0.3 is 5.97 Å². The molecule has 0 saturated carbocycles. The summed E-state index contributed by atoms with van der Waals surface area (Å²) >= 11 is 0. The van der Waals surface area contributed by atoms with Crippen LogP contribution in [0.2, 0.25) is 0 Å². The molecule has 434 valence electrons. The quantitative estimate of drug-likeness (QED) is 0.0320. The largest absolute Gasteiger partial charge is 0.466 e. The van der Waals surface area contributed by atoms with E-state index in [9.17, 15) is 19.8 Å². The zero-order chi connectivity index (χ0) is 52.9. The van der Waals surface area contributed by atoms with Crippen LogP contribution < -0.4 is 5.32 Å². The molecule has 6 heteroatoms. The first-order valence-electron chi connectivity index (χ1n) is 33.4. The van der Waals surface area contributed by atoms with Crippen molar-refractivity contribution < 1.29 is 24.5 Å². The van der Waals surface area contributed by atoms with Gasteiger partial charge in [0, 0.05) is 12.8 Å². The van der Waals surface area contributed by atoms with Crippen LogP contribution in [0.25, 0.3) is 0 Å². The minimum absolute atomic E-state index is 0.00785. The number of esters is 1. The fraction of sp³-hybridized carbons (Fsp3) is 0.940. The number of carbonyl (C=O) groups is 2. The SMILES string of the molecule is CCCCCCCC/C=C\CCCCCCCCCCCC(=O)OCCCCCCCCCCCCCCC(=O)NC(CO)C(O)CCCCCCCCCCCCCCCCCCCCCCCCCCC. The Kier molecular flexibility index (Phi) is 61.9. The number of hydrogen-bond donors (Lipinski definition) is 3. The molecular weight excluding hydrogens is 899 g/mol. The number of allylic oxidation sites excluding steroid dienone is 2. The molecule has 0 aromatic rings. The standard InChI is InChI=1S/C67H131NO5/c1-3-5-7-9-11-13-15-17-19-21-23-24-25-26-27-28-30-31-33-35-39-43-47-51-55-59-65(70)64(63-69)68-66(71)60-56-52-48-44-40-37-38-42-46-50-54-58-62-73-67(72)61-57-53-49-45-41-36-34-32-29-22-20-18-16-14-12-10-8-6-4-2/h18,20,64-65,69-70H,3-17,19,21-63H2,1-2H3,(H,68,71)/b20-18-. The number of rotatable bonds is 63. The van der Waals surface area contributed by atoms with Crippen LogP contribution in [-0.2, 0) is 14.3 Å². The highest BCUT2D eigenvalue weighted by Gasteiger charge is 2.20. The first-order chi connectivity index (χ1) is 36.0. The summed E-state index contributed by atoms with van der Waals surface area (Å²) in [6.45, 7) is 4.95. The maximum Gasteiger partial charge on any atom is 0.305 e. The van der Waals surface area contributed by atoms with E-state index in [0.29, 0.717) is 25.9 Å². The van der Waals surface area contributed by atoms with Crippen molar-refractivity contribution in [1.82, 2.24) is 5.32 Å². The molecule has 0 fully saturated rings. The summed E-state index contributed by atoms with van der Waals surface area (Å²) in [7, 11) is 0. The zero-order valence-electron chi connectivity index (χ0n) is 49.6. The molecule has 2 unspecified atom stereocenters. The van der Waals surface area contributed by atoms with Crippen LogP contribution in [0.1, 0.15) is 380 Å². The first kappa shape index (κ1) is 71.6. The van der Waals surface area contributed by atoms with Gasteiger partial charge < -0.3 is 20.3 Å². The molecule has 0 saturated heterocycles. The van der Waals surface area contributed by atoms with Gasteiger partial charge in [-0.2, -0.15) is 0 Å². The number of aliphatic hydroxyl groups is 2. The van der Waals surface area contributed by atoms with Gasteiger partial charge in [-0.15, -0.1) is 0 Å². The lowest BCUT2D eigenvalue weighted by atomic mass is 10.0. The van der Waals surface area contributed by atoms with Crippen LogP contribution in [0.15, 0.2) is 12.2 Å². The molecule has 6 nitrogen and oxygen atoms in total. The van der Waals surface area contributed by atoms with E-state index < -0.39 is 12.1 Å². The molecule has 0 rings (SSSR count). The highest BCUT2D eigenvalue weighted by molar-refractivity contribution is 5.76. The van der Waals surface area contributed by atoms with Gasteiger partial charge in [-0.1, -0.05) is 328 Å². The Hall–Kier alpha value is -1.40. The predicted octanol–water partition coefficient (Wildman–Crippen LogP) is 21.2. The minimum atomic E-state index is -0.676. The second-order valence-electron chi connectivity index (χ2n) is 23.2. The molecular formula is C67H131NO5. The van der Waals surface area contributed by atoms with Gasteiger partial charge in [0.1, 0.15) is 0 Å². The highest BCUT2D eigenvalue weighted by atomic mass is 16.5. The van der Waals surface area contributed by atoms with E-state index >= 15 is 0 Å². The normalized spacial score (nSPS) is 12.5. The second kappa shape index (κ2) is 63.1. The van der Waals surface area contributed by atoms with Crippen molar-refractivity contribution in [2.45, 2.75) is 392 Å². The molecule has 0 heterocycles. The molecule has 3 N–H and O–H groups in total. The number of hydrogen-bond acceptors (Lipinski definition) is 5. The third-order valence-electron chi connectivity index (χ3n) is 15.8. The van der Waals surface area contributed by atoms with Crippen LogP contribution in [-0.4, -0.2) is 47.4 Å². The van der Waals surface area contributed by atoms with Gasteiger partial charge in [-0.25, -0.2) is 0 Å². The lowest BCUT2D eigenvalue weighted by molar-refractivity contribution is -0.143. The van der Waals surface area contributed by atoms with Crippen molar-refractivity contribution in [3.8, 4) is 0 Å². The third-order valence-corrected chi connectivity index (χ3v) is 15.8. The number of unbranched alkanes of at least 4 members (excludes halogenated alkanes) is 50. The average Bonchev–Trinajstić information content (AvgIpc) is 3.39. The summed E-state index contributed by atoms with van der Waals surface area (Å²) < 4.78 is 5.49. The molecule has 0 aromatic heterocycles. The third kappa shape index (κ3) is 59.7. The maximum atomic E-state index is 12.5. The lowest BCUT2D eigenvalue weighted by Crippen LogP contribution is -2.45. The summed E-state index contributed by atoms with van der Waals surface area (Å²) in [4.78, 5) is 24.7. The molecule has 0 aliphatic heterocycles. The van der Waals surface area contributed by atoms with Crippen LogP contribution in [0.4, 0.5) is 0 Å². The van der Waals surface area contributed by atoms with Crippen LogP contribution in [0, 0.1) is 0 Å². The summed E-state index contributed by atoms with van der Waals surface area (Å²) in [5.74, 6) is -0.0533. The molecule has 0 aliphatic rings. The predicted molar refractivity (Wildman–Crippen MR) is 320 cm³/mol. The Morgan fingerprint density at radius 2 is 0.644 bits per heavy atom. The highest BCUT2D eigenvalue weighted by Crippen LogP contribution is 2.19. The van der Waals surface area contributed by atoms with E-state index in [2.05, 4.69) is 31.3 Å². The van der Waals surface area contributed by atoms with Gasteiger partial charge in [-0.05, 0) is 51.4 Å². The number of carbonyl (C=O) groups excluding carboxylic acids is 2. The van der Waals surface area contributed by atoms with E-state index in [0.717, 1.165) is 57.8 Å². The van der Waals surface area contributed by atoms with E-state index in [4.69, 9.17) is 4.74 Å². The zero-order valence-corrected chi connectivity index (χ0v) is 49.6. The van der Waals surface area contributed by atoms with Crippen LogP contribution in [0.3, 0.4) is 0 Å². The number of nitrogens with one attached hydrogen (secondary N) is 1. The Morgan fingerprint density at radius 1 is 0.370 bits per heavy atom.